The van der Waals surface area contributed by atoms with Crippen LogP contribution in [0.1, 0.15) is 16.7 Å². The van der Waals surface area contributed by atoms with E-state index in [4.69, 9.17) is 4.74 Å². The van der Waals surface area contributed by atoms with Gasteiger partial charge in [-0.25, -0.2) is 0 Å². The molecular formula is C18H20N2O. The molecule has 0 aliphatic carbocycles. The van der Waals surface area contributed by atoms with Gasteiger partial charge in [0, 0.05) is 31.7 Å². The Morgan fingerprint density at radius 3 is 2.95 bits per heavy atom. The second-order valence-electron chi connectivity index (χ2n) is 5.81. The van der Waals surface area contributed by atoms with E-state index in [1.165, 1.54) is 22.4 Å². The summed E-state index contributed by atoms with van der Waals surface area (Å²) in [5, 5.41) is 7.03. The average molecular weight is 280 g/mol. The van der Waals surface area contributed by atoms with Crippen molar-refractivity contribution in [2.75, 3.05) is 18.4 Å². The summed E-state index contributed by atoms with van der Waals surface area (Å²) in [4.78, 5) is 0. The van der Waals surface area contributed by atoms with Crippen molar-refractivity contribution in [3.05, 3.63) is 59.2 Å². The molecule has 2 aliphatic rings. The van der Waals surface area contributed by atoms with E-state index in [9.17, 15) is 0 Å². The molecule has 108 valence electrons. The first-order valence-electron chi connectivity index (χ1n) is 7.70. The van der Waals surface area contributed by atoms with Crippen molar-refractivity contribution in [2.45, 2.75) is 25.5 Å². The second-order valence-corrected chi connectivity index (χ2v) is 5.81. The van der Waals surface area contributed by atoms with Gasteiger partial charge in [-0.3, -0.25) is 0 Å². The summed E-state index contributed by atoms with van der Waals surface area (Å²) < 4.78 is 5.96. The zero-order chi connectivity index (χ0) is 14.1. The number of hydrogen-bond acceptors (Lipinski definition) is 3. The van der Waals surface area contributed by atoms with E-state index in [0.29, 0.717) is 0 Å². The van der Waals surface area contributed by atoms with Crippen molar-refractivity contribution in [1.82, 2.24) is 5.32 Å². The highest BCUT2D eigenvalue weighted by Gasteiger charge is 2.22. The van der Waals surface area contributed by atoms with Crippen LogP contribution in [0.5, 0.6) is 5.75 Å². The Balaban J connectivity index is 1.34. The smallest absolute Gasteiger partial charge is 0.123 e. The molecule has 3 nitrogen and oxygen atoms in total. The maximum atomic E-state index is 5.96. The molecule has 0 aromatic heterocycles. The molecule has 0 amide bonds. The van der Waals surface area contributed by atoms with Crippen LogP contribution in [0.25, 0.3) is 0 Å². The number of anilines is 1. The fourth-order valence-corrected chi connectivity index (χ4v) is 3.29. The van der Waals surface area contributed by atoms with E-state index in [1.54, 1.807) is 0 Å². The highest BCUT2D eigenvalue weighted by molar-refractivity contribution is 5.61. The van der Waals surface area contributed by atoms with Gasteiger partial charge in [-0.2, -0.15) is 0 Å². The molecule has 2 heterocycles. The Kier molecular flexibility index (Phi) is 3.28. The highest BCUT2D eigenvalue weighted by Crippen LogP contribution is 2.28. The topological polar surface area (TPSA) is 33.3 Å². The first-order valence-corrected chi connectivity index (χ1v) is 7.70. The normalized spacial score (nSPS) is 18.8. The molecule has 0 fully saturated rings. The van der Waals surface area contributed by atoms with Gasteiger partial charge in [0.2, 0.25) is 0 Å². The predicted molar refractivity (Wildman–Crippen MR) is 84.9 cm³/mol. The van der Waals surface area contributed by atoms with Crippen molar-refractivity contribution < 1.29 is 4.74 Å². The maximum Gasteiger partial charge on any atom is 0.123 e. The Morgan fingerprint density at radius 1 is 1.10 bits per heavy atom. The summed E-state index contributed by atoms with van der Waals surface area (Å²) in [6.45, 7) is 2.85. The Morgan fingerprint density at radius 2 is 2.00 bits per heavy atom. The summed E-state index contributed by atoms with van der Waals surface area (Å²) in [7, 11) is 0. The number of rotatable bonds is 4. The first-order chi connectivity index (χ1) is 10.4. The Labute approximate surface area is 125 Å². The van der Waals surface area contributed by atoms with Crippen molar-refractivity contribution in [3.63, 3.8) is 0 Å². The predicted octanol–water partition coefficient (Wildman–Crippen LogP) is 2.75. The van der Waals surface area contributed by atoms with Gasteiger partial charge >= 0.3 is 0 Å². The SMILES string of the molecule is c1ccc2c(c1)CC(CNCc1cccc3c1NCC3)O2. The van der Waals surface area contributed by atoms with Gasteiger partial charge in [-0.1, -0.05) is 36.4 Å². The molecule has 0 saturated heterocycles. The summed E-state index contributed by atoms with van der Waals surface area (Å²) >= 11 is 0. The molecule has 3 heteroatoms. The maximum absolute atomic E-state index is 5.96. The van der Waals surface area contributed by atoms with E-state index in [0.717, 1.165) is 38.2 Å². The van der Waals surface area contributed by atoms with Gasteiger partial charge in [0.1, 0.15) is 11.9 Å². The zero-order valence-electron chi connectivity index (χ0n) is 12.1. The van der Waals surface area contributed by atoms with Gasteiger partial charge < -0.3 is 15.4 Å². The Hall–Kier alpha value is -2.00. The van der Waals surface area contributed by atoms with Gasteiger partial charge in [0.05, 0.1) is 0 Å². The van der Waals surface area contributed by atoms with Crippen LogP contribution in [-0.2, 0) is 19.4 Å². The lowest BCUT2D eigenvalue weighted by molar-refractivity contribution is 0.227. The third-order valence-electron chi connectivity index (χ3n) is 4.33. The Bertz CT molecular complexity index is 628. The van der Waals surface area contributed by atoms with Crippen molar-refractivity contribution in [1.29, 1.82) is 0 Å². The van der Waals surface area contributed by atoms with E-state index >= 15 is 0 Å². The fourth-order valence-electron chi connectivity index (χ4n) is 3.29. The quantitative estimate of drug-likeness (QED) is 0.903. The van der Waals surface area contributed by atoms with Gasteiger partial charge in [0.25, 0.3) is 0 Å². The summed E-state index contributed by atoms with van der Waals surface area (Å²) in [6, 6.07) is 14.9. The average Bonchev–Trinajstić information content (AvgIpc) is 3.13. The number of ether oxygens (including phenoxy) is 1. The number of benzene rings is 2. The molecule has 2 N–H and O–H groups in total. The zero-order valence-corrected chi connectivity index (χ0v) is 12.1. The minimum absolute atomic E-state index is 0.257. The number of hydrogen-bond donors (Lipinski definition) is 2. The van der Waals surface area contributed by atoms with Gasteiger partial charge in [-0.05, 0) is 29.2 Å². The monoisotopic (exact) mass is 280 g/mol. The minimum atomic E-state index is 0.257. The number of para-hydroxylation sites is 2. The van der Waals surface area contributed by atoms with Crippen molar-refractivity contribution >= 4 is 5.69 Å². The molecule has 2 aromatic rings. The third kappa shape index (κ3) is 2.49. The highest BCUT2D eigenvalue weighted by atomic mass is 16.5. The van der Waals surface area contributed by atoms with E-state index in [1.807, 2.05) is 6.07 Å². The van der Waals surface area contributed by atoms with Crippen LogP contribution >= 0.6 is 0 Å². The molecule has 2 aromatic carbocycles. The molecule has 1 unspecified atom stereocenters. The van der Waals surface area contributed by atoms with Crippen molar-refractivity contribution in [2.24, 2.45) is 0 Å². The van der Waals surface area contributed by atoms with Crippen molar-refractivity contribution in [3.8, 4) is 5.75 Å². The van der Waals surface area contributed by atoms with E-state index in [2.05, 4.69) is 47.0 Å². The van der Waals surface area contributed by atoms with Crippen LogP contribution in [0.2, 0.25) is 0 Å². The van der Waals surface area contributed by atoms with Crippen LogP contribution in [0.4, 0.5) is 5.69 Å². The minimum Gasteiger partial charge on any atom is -0.488 e. The van der Waals surface area contributed by atoms with Gasteiger partial charge in [0.15, 0.2) is 0 Å². The van der Waals surface area contributed by atoms with Crippen LogP contribution < -0.4 is 15.4 Å². The number of fused-ring (bicyclic) bond motifs is 2. The third-order valence-corrected chi connectivity index (χ3v) is 4.33. The summed E-state index contributed by atoms with van der Waals surface area (Å²) in [5.41, 5.74) is 5.46. The first kappa shape index (κ1) is 12.7. The van der Waals surface area contributed by atoms with E-state index in [-0.39, 0.29) is 6.10 Å². The second kappa shape index (κ2) is 5.41. The number of nitrogens with one attached hydrogen (secondary N) is 2. The van der Waals surface area contributed by atoms with Crippen LogP contribution in [0, 0.1) is 0 Å². The molecule has 21 heavy (non-hydrogen) atoms. The molecular weight excluding hydrogens is 260 g/mol. The fraction of sp³-hybridized carbons (Fsp3) is 0.333. The standard InChI is InChI=1S/C18H20N2O/c1-2-7-17-14(4-1)10-16(21-17)12-19-11-15-6-3-5-13-8-9-20-18(13)15/h1-7,16,19-20H,8-12H2. The molecule has 0 bridgehead atoms. The van der Waals surface area contributed by atoms with Crippen LogP contribution in [0.3, 0.4) is 0 Å². The lowest BCUT2D eigenvalue weighted by Gasteiger charge is -2.14. The largest absolute Gasteiger partial charge is 0.488 e. The molecule has 1 atom stereocenters. The van der Waals surface area contributed by atoms with Crippen LogP contribution in [-0.4, -0.2) is 19.2 Å². The molecule has 4 rings (SSSR count). The van der Waals surface area contributed by atoms with E-state index < -0.39 is 0 Å². The molecule has 0 radical (unpaired) electrons. The summed E-state index contributed by atoms with van der Waals surface area (Å²) in [6.07, 6.45) is 2.41. The lowest BCUT2D eigenvalue weighted by Crippen LogP contribution is -2.29. The van der Waals surface area contributed by atoms with Crippen LogP contribution in [0.15, 0.2) is 42.5 Å². The van der Waals surface area contributed by atoms with Gasteiger partial charge in [-0.15, -0.1) is 0 Å². The summed E-state index contributed by atoms with van der Waals surface area (Å²) in [5.74, 6) is 1.05. The molecule has 0 saturated carbocycles. The lowest BCUT2D eigenvalue weighted by atomic mass is 10.1. The molecule has 0 spiro atoms. The molecule has 2 aliphatic heterocycles.